The third-order valence-corrected chi connectivity index (χ3v) is 5.41. The summed E-state index contributed by atoms with van der Waals surface area (Å²) in [4.78, 5) is 24.9. The van der Waals surface area contributed by atoms with Crippen molar-refractivity contribution >= 4 is 35.3 Å². The number of amides is 1. The van der Waals surface area contributed by atoms with E-state index in [2.05, 4.69) is 0 Å². The summed E-state index contributed by atoms with van der Waals surface area (Å²) >= 11 is 11.9. The molecule has 8 nitrogen and oxygen atoms in total. The van der Waals surface area contributed by atoms with Crippen LogP contribution in [-0.2, 0) is 20.7 Å². The van der Waals surface area contributed by atoms with Gasteiger partial charge in [-0.15, -0.1) is 0 Å². The number of methoxy groups -OCH3 is 1. The molecule has 0 saturated carbocycles. The first kappa shape index (κ1) is 28.6. The van der Waals surface area contributed by atoms with Crippen LogP contribution in [0.4, 0.5) is 4.79 Å². The molecule has 0 fully saturated rings. The number of unbranched alkanes of at least 4 members (excludes halogenated alkanes) is 1. The Balaban J connectivity index is 1.74. The fraction of sp³-hybridized carbons (Fsp3) is 0.440. The number of carboxylic acids is 1. The highest BCUT2D eigenvalue weighted by Gasteiger charge is 2.18. The van der Waals surface area contributed by atoms with Gasteiger partial charge >= 0.3 is 12.1 Å². The number of carbonyl (C=O) groups is 2. The molecule has 0 spiro atoms. The highest BCUT2D eigenvalue weighted by molar-refractivity contribution is 6.34. The van der Waals surface area contributed by atoms with Crippen LogP contribution in [-0.4, -0.2) is 68.2 Å². The van der Waals surface area contributed by atoms with Gasteiger partial charge in [-0.3, -0.25) is 0 Å². The Labute approximate surface area is 215 Å². The van der Waals surface area contributed by atoms with E-state index in [9.17, 15) is 14.7 Å². The SMILES string of the molecule is CCOC(Cc1ccc(OCCN(CCCCOc2cc(Cl)cc(Cl)c2)C(=O)OC)cc1)C(=O)O. The summed E-state index contributed by atoms with van der Waals surface area (Å²) in [6, 6.07) is 12.2. The summed E-state index contributed by atoms with van der Waals surface area (Å²) < 4.78 is 21.5. The van der Waals surface area contributed by atoms with Crippen molar-refractivity contribution in [2.24, 2.45) is 0 Å². The van der Waals surface area contributed by atoms with Crippen LogP contribution in [0.15, 0.2) is 42.5 Å². The molecule has 2 rings (SSSR count). The second kappa shape index (κ2) is 15.3. The summed E-state index contributed by atoms with van der Waals surface area (Å²) in [6.45, 7) is 3.67. The van der Waals surface area contributed by atoms with Gasteiger partial charge in [0.05, 0.1) is 20.3 Å². The van der Waals surface area contributed by atoms with Crippen molar-refractivity contribution in [3.05, 3.63) is 58.1 Å². The number of carbonyl (C=O) groups excluding carboxylic acids is 1. The van der Waals surface area contributed by atoms with Crippen LogP contribution in [0, 0.1) is 0 Å². The van der Waals surface area contributed by atoms with Crippen molar-refractivity contribution in [2.45, 2.75) is 32.3 Å². The Morgan fingerprint density at radius 2 is 1.60 bits per heavy atom. The molecule has 1 atom stereocenters. The minimum atomic E-state index is -0.990. The van der Waals surface area contributed by atoms with E-state index in [0.717, 1.165) is 12.0 Å². The molecule has 35 heavy (non-hydrogen) atoms. The third kappa shape index (κ3) is 10.6. The maximum absolute atomic E-state index is 12.1. The van der Waals surface area contributed by atoms with Crippen LogP contribution in [0.25, 0.3) is 0 Å². The first-order valence-corrected chi connectivity index (χ1v) is 12.1. The lowest BCUT2D eigenvalue weighted by molar-refractivity contribution is -0.149. The number of ether oxygens (including phenoxy) is 4. The number of aliphatic carboxylic acids is 1. The van der Waals surface area contributed by atoms with Crippen molar-refractivity contribution < 1.29 is 33.6 Å². The molecule has 2 aromatic carbocycles. The van der Waals surface area contributed by atoms with E-state index in [1.165, 1.54) is 7.11 Å². The molecular formula is C25H31Cl2NO7. The van der Waals surface area contributed by atoms with Crippen molar-refractivity contribution in [3.63, 3.8) is 0 Å². The molecule has 0 bridgehead atoms. The lowest BCUT2D eigenvalue weighted by Crippen LogP contribution is -2.35. The van der Waals surface area contributed by atoms with E-state index < -0.39 is 18.2 Å². The fourth-order valence-electron chi connectivity index (χ4n) is 3.26. The number of benzene rings is 2. The first-order valence-electron chi connectivity index (χ1n) is 11.3. The molecule has 1 amide bonds. The number of hydrogen-bond acceptors (Lipinski definition) is 6. The lowest BCUT2D eigenvalue weighted by Gasteiger charge is -2.21. The largest absolute Gasteiger partial charge is 0.493 e. The number of halogens is 2. The Morgan fingerprint density at radius 1 is 0.943 bits per heavy atom. The average molecular weight is 528 g/mol. The molecule has 0 radical (unpaired) electrons. The quantitative estimate of drug-likeness (QED) is 0.312. The molecule has 1 unspecified atom stereocenters. The third-order valence-electron chi connectivity index (χ3n) is 4.98. The average Bonchev–Trinajstić information content (AvgIpc) is 2.82. The van der Waals surface area contributed by atoms with Crippen LogP contribution < -0.4 is 9.47 Å². The van der Waals surface area contributed by atoms with Gasteiger partial charge in [-0.1, -0.05) is 35.3 Å². The van der Waals surface area contributed by atoms with E-state index in [4.69, 9.17) is 42.1 Å². The first-order chi connectivity index (χ1) is 16.8. The van der Waals surface area contributed by atoms with Gasteiger partial charge in [0.1, 0.15) is 18.1 Å². The minimum Gasteiger partial charge on any atom is -0.493 e. The molecular weight excluding hydrogens is 497 g/mol. The summed E-state index contributed by atoms with van der Waals surface area (Å²) in [5.74, 6) is 0.231. The van der Waals surface area contributed by atoms with Crippen molar-refractivity contribution in [1.29, 1.82) is 0 Å². The standard InChI is InChI=1S/C25H31Cl2NO7/c1-3-33-23(24(29)30)14-18-6-8-21(9-7-18)35-13-11-28(25(31)32-2)10-4-5-12-34-22-16-19(26)15-20(27)17-22/h6-9,15-17,23H,3-5,10-14H2,1-2H3,(H,29,30). The van der Waals surface area contributed by atoms with Crippen LogP contribution >= 0.6 is 23.2 Å². The van der Waals surface area contributed by atoms with Crippen molar-refractivity contribution in [2.75, 3.05) is 40.0 Å². The van der Waals surface area contributed by atoms with Crippen LogP contribution in [0.2, 0.25) is 10.0 Å². The maximum atomic E-state index is 12.1. The van der Waals surface area contributed by atoms with E-state index in [0.29, 0.717) is 54.3 Å². The molecule has 0 heterocycles. The zero-order valence-electron chi connectivity index (χ0n) is 19.9. The van der Waals surface area contributed by atoms with E-state index in [1.807, 2.05) is 0 Å². The zero-order valence-corrected chi connectivity index (χ0v) is 21.4. The van der Waals surface area contributed by atoms with Gasteiger partial charge in [0.25, 0.3) is 0 Å². The van der Waals surface area contributed by atoms with Gasteiger partial charge < -0.3 is 29.0 Å². The highest BCUT2D eigenvalue weighted by atomic mass is 35.5. The molecule has 0 saturated heterocycles. The van der Waals surface area contributed by atoms with E-state index in [-0.39, 0.29) is 13.0 Å². The van der Waals surface area contributed by atoms with Gasteiger partial charge in [-0.05, 0) is 55.7 Å². The summed E-state index contributed by atoms with van der Waals surface area (Å²) in [7, 11) is 1.34. The predicted octanol–water partition coefficient (Wildman–Crippen LogP) is 5.33. The van der Waals surface area contributed by atoms with Gasteiger partial charge in [0, 0.05) is 29.6 Å². The summed E-state index contributed by atoms with van der Waals surface area (Å²) in [5.41, 5.74) is 0.830. The van der Waals surface area contributed by atoms with Gasteiger partial charge in [0.15, 0.2) is 6.10 Å². The Kier molecular flexibility index (Phi) is 12.5. The van der Waals surface area contributed by atoms with Crippen LogP contribution in [0.3, 0.4) is 0 Å². The smallest absolute Gasteiger partial charge is 0.409 e. The monoisotopic (exact) mass is 527 g/mol. The van der Waals surface area contributed by atoms with Gasteiger partial charge in [-0.2, -0.15) is 0 Å². The summed E-state index contributed by atoms with van der Waals surface area (Å²) in [6.07, 6.45) is 0.395. The van der Waals surface area contributed by atoms with Gasteiger partial charge in [0.2, 0.25) is 0 Å². The zero-order chi connectivity index (χ0) is 25.6. The molecule has 1 N–H and O–H groups in total. The minimum absolute atomic E-state index is 0.271. The van der Waals surface area contributed by atoms with Crippen LogP contribution in [0.5, 0.6) is 11.5 Å². The second-order valence-corrected chi connectivity index (χ2v) is 8.47. The van der Waals surface area contributed by atoms with Crippen molar-refractivity contribution in [1.82, 2.24) is 4.90 Å². The molecule has 2 aromatic rings. The predicted molar refractivity (Wildman–Crippen MR) is 134 cm³/mol. The van der Waals surface area contributed by atoms with Gasteiger partial charge in [-0.25, -0.2) is 9.59 Å². The molecule has 0 aliphatic carbocycles. The molecule has 0 aromatic heterocycles. The second-order valence-electron chi connectivity index (χ2n) is 7.60. The Hall–Kier alpha value is -2.68. The maximum Gasteiger partial charge on any atom is 0.409 e. The number of rotatable bonds is 15. The lowest BCUT2D eigenvalue weighted by atomic mass is 10.1. The number of hydrogen-bond donors (Lipinski definition) is 1. The Morgan fingerprint density at radius 3 is 2.20 bits per heavy atom. The molecule has 0 aliphatic rings. The molecule has 0 aliphatic heterocycles. The van der Waals surface area contributed by atoms with Crippen LogP contribution in [0.1, 0.15) is 25.3 Å². The topological polar surface area (TPSA) is 94.5 Å². The van der Waals surface area contributed by atoms with Crippen molar-refractivity contribution in [3.8, 4) is 11.5 Å². The molecule has 10 heteroatoms. The normalized spacial score (nSPS) is 11.5. The number of nitrogens with zero attached hydrogens (tertiary/aromatic N) is 1. The number of carboxylic acid groups (broad SMARTS) is 1. The molecule has 192 valence electrons. The van der Waals surface area contributed by atoms with E-state index in [1.54, 1.807) is 54.3 Å². The Bertz CT molecular complexity index is 920. The summed E-state index contributed by atoms with van der Waals surface area (Å²) in [5, 5.41) is 10.2. The van der Waals surface area contributed by atoms with E-state index >= 15 is 0 Å². The fourth-order valence-corrected chi connectivity index (χ4v) is 3.76. The highest BCUT2D eigenvalue weighted by Crippen LogP contribution is 2.24.